The summed E-state index contributed by atoms with van der Waals surface area (Å²) in [6.45, 7) is 26.9. The molecule has 16 nitrogen and oxygen atoms in total. The fourth-order valence-corrected chi connectivity index (χ4v) is 13.1. The van der Waals surface area contributed by atoms with Crippen molar-refractivity contribution in [2.24, 2.45) is 15.7 Å². The van der Waals surface area contributed by atoms with Crippen LogP contribution in [0.25, 0.3) is 0 Å². The molecule has 2 heterocycles. The molecule has 1 atom stereocenters. The number of rotatable bonds is 31. The van der Waals surface area contributed by atoms with Crippen LogP contribution in [-0.4, -0.2) is 181 Å². The van der Waals surface area contributed by atoms with Gasteiger partial charge in [0.05, 0.1) is 31.4 Å². The molecule has 0 radical (unpaired) electrons. The lowest BCUT2D eigenvalue weighted by molar-refractivity contribution is 0.0574. The zero-order chi connectivity index (χ0) is 39.7. The topological polar surface area (TPSA) is 164 Å². The highest BCUT2D eigenvalue weighted by Crippen LogP contribution is 2.20. The predicted molar refractivity (Wildman–Crippen MR) is 221 cm³/mol. The summed E-state index contributed by atoms with van der Waals surface area (Å²) in [7, 11) is -2.51. The second-order valence-corrected chi connectivity index (χ2v) is 20.5. The lowest BCUT2D eigenvalue weighted by Crippen LogP contribution is -2.62. The average molecular weight is 814 g/mol. The van der Waals surface area contributed by atoms with E-state index in [4.69, 9.17) is 45.6 Å². The van der Waals surface area contributed by atoms with Crippen molar-refractivity contribution < 1.29 is 39.8 Å². The van der Waals surface area contributed by atoms with Crippen molar-refractivity contribution in [2.45, 2.75) is 85.5 Å². The molecular weight excluding hydrogens is 735 g/mol. The monoisotopic (exact) mass is 814 g/mol. The van der Waals surface area contributed by atoms with Crippen LogP contribution in [0, 0.1) is 0 Å². The van der Waals surface area contributed by atoms with Crippen LogP contribution < -0.4 is 16.4 Å². The second kappa shape index (κ2) is 33.3. The third-order valence-corrected chi connectivity index (χ3v) is 17.8. The molecule has 2 aliphatic heterocycles. The summed E-state index contributed by atoms with van der Waals surface area (Å²) in [6.07, 6.45) is 6.80. The molecule has 0 aromatic heterocycles. The molecule has 0 spiro atoms. The van der Waals surface area contributed by atoms with Gasteiger partial charge in [-0.05, 0) is 60.8 Å². The van der Waals surface area contributed by atoms with Crippen LogP contribution in [0.5, 0.6) is 0 Å². The minimum absolute atomic E-state index is 0.127. The first-order valence-electron chi connectivity index (χ1n) is 19.8. The first-order valence-corrected chi connectivity index (χ1v) is 25.5. The van der Waals surface area contributed by atoms with Gasteiger partial charge in [-0.1, -0.05) is 6.92 Å². The van der Waals surface area contributed by atoms with Gasteiger partial charge in [-0.25, -0.2) is 0 Å². The van der Waals surface area contributed by atoms with Crippen LogP contribution in [0.15, 0.2) is 9.98 Å². The molecule has 2 rings (SSSR count). The van der Waals surface area contributed by atoms with Crippen molar-refractivity contribution in [1.29, 1.82) is 0 Å². The lowest BCUT2D eigenvalue weighted by Gasteiger charge is -2.35. The third kappa shape index (κ3) is 21.9. The molecule has 2 aliphatic rings. The summed E-state index contributed by atoms with van der Waals surface area (Å²) < 4.78 is 51.3. The summed E-state index contributed by atoms with van der Waals surface area (Å²) in [5.74, 6) is 0. The van der Waals surface area contributed by atoms with Crippen LogP contribution in [-0.2, 0) is 39.8 Å². The van der Waals surface area contributed by atoms with Gasteiger partial charge in [0.25, 0.3) is 0 Å². The molecule has 0 amide bonds. The second-order valence-electron chi connectivity index (χ2n) is 12.0. The van der Waals surface area contributed by atoms with Crippen LogP contribution >= 0.6 is 0 Å². The predicted octanol–water partition coefficient (Wildman–Crippen LogP) is 2.86. The van der Waals surface area contributed by atoms with Crippen LogP contribution in [0.4, 0.5) is 0 Å². The summed E-state index contributed by atoms with van der Waals surface area (Å²) >= 11 is 0. The highest BCUT2D eigenvalue weighted by Gasteiger charge is 2.48. The number of nitrogens with two attached hydrogens (primary N) is 1. The number of aliphatic imine (C=N–C) groups is 2. The van der Waals surface area contributed by atoms with E-state index in [1.807, 2.05) is 54.2 Å². The Hall–Kier alpha value is -0.889. The van der Waals surface area contributed by atoms with E-state index in [9.17, 15) is 0 Å². The third-order valence-electron chi connectivity index (χ3n) is 8.29. The SMILES string of the molecule is CCO[Si](CCCN1C=NCC1)(OCC)OCC.CCO[Si](OCC)(OCC)C(CC)NCCNCCN.CO[Si](CCCN1C=NCC1)(OC)OC. The highest BCUT2D eigenvalue weighted by atomic mass is 28.4. The molecule has 0 bridgehead atoms. The van der Waals surface area contributed by atoms with Gasteiger partial charge in [-0.2, -0.15) is 0 Å². The lowest BCUT2D eigenvalue weighted by atomic mass is 10.4. The average Bonchev–Trinajstić information content (AvgIpc) is 3.88. The summed E-state index contributed by atoms with van der Waals surface area (Å²) in [5, 5.41) is 6.77. The molecule has 0 aliphatic carbocycles. The number of nitrogens with one attached hydrogen (secondary N) is 2. The quantitative estimate of drug-likeness (QED) is 0.0692. The molecule has 53 heavy (non-hydrogen) atoms. The Morgan fingerprint density at radius 1 is 0.623 bits per heavy atom. The molecule has 0 saturated carbocycles. The van der Waals surface area contributed by atoms with Crippen molar-refractivity contribution in [3.05, 3.63) is 0 Å². The maximum atomic E-state index is 5.93. The minimum atomic E-state index is -2.66. The first kappa shape index (κ1) is 52.1. The Bertz CT molecular complexity index is 860. The van der Waals surface area contributed by atoms with Crippen molar-refractivity contribution >= 4 is 39.1 Å². The fraction of sp³-hybridized carbons (Fsp3) is 0.941. The Balaban J connectivity index is 0.000000772. The minimum Gasteiger partial charge on any atom is -0.377 e. The van der Waals surface area contributed by atoms with E-state index in [0.29, 0.717) is 46.2 Å². The smallest absolute Gasteiger partial charge is 0.377 e. The maximum absolute atomic E-state index is 5.93. The zero-order valence-corrected chi connectivity index (χ0v) is 38.1. The van der Waals surface area contributed by atoms with Crippen LogP contribution in [0.1, 0.15) is 67.7 Å². The largest absolute Gasteiger partial charge is 0.518 e. The van der Waals surface area contributed by atoms with Crippen molar-refractivity contribution in [1.82, 2.24) is 20.4 Å². The van der Waals surface area contributed by atoms with Crippen LogP contribution in [0.2, 0.25) is 12.1 Å². The Kier molecular flexibility index (Phi) is 32.7. The molecular formula is C34H79N7O9Si3. The van der Waals surface area contributed by atoms with E-state index in [0.717, 1.165) is 90.3 Å². The Morgan fingerprint density at radius 3 is 1.40 bits per heavy atom. The molecule has 4 N–H and O–H groups in total. The maximum Gasteiger partial charge on any atom is 0.518 e. The van der Waals surface area contributed by atoms with Gasteiger partial charge in [-0.15, -0.1) is 0 Å². The van der Waals surface area contributed by atoms with Gasteiger partial charge in [0.2, 0.25) is 0 Å². The van der Waals surface area contributed by atoms with Crippen LogP contribution in [0.3, 0.4) is 0 Å². The first-order chi connectivity index (χ1) is 25.7. The summed E-state index contributed by atoms with van der Waals surface area (Å²) in [4.78, 5) is 12.8. The van der Waals surface area contributed by atoms with E-state index in [2.05, 4.69) is 37.3 Å². The molecule has 316 valence electrons. The molecule has 1 unspecified atom stereocenters. The van der Waals surface area contributed by atoms with E-state index in [1.165, 1.54) is 0 Å². The van der Waals surface area contributed by atoms with Gasteiger partial charge < -0.3 is 66.0 Å². The summed E-state index contributed by atoms with van der Waals surface area (Å²) in [5.41, 5.74) is 5.58. The van der Waals surface area contributed by atoms with Gasteiger partial charge in [0, 0.05) is 125 Å². The molecule has 0 fully saturated rings. The number of hydrogen-bond donors (Lipinski definition) is 3. The van der Waals surface area contributed by atoms with Crippen molar-refractivity contribution in [2.75, 3.05) is 126 Å². The van der Waals surface area contributed by atoms with Crippen molar-refractivity contribution in [3.8, 4) is 0 Å². The summed E-state index contributed by atoms with van der Waals surface area (Å²) in [6, 6.07) is 1.73. The Labute approximate surface area is 326 Å². The molecule has 0 aromatic rings. The van der Waals surface area contributed by atoms with E-state index in [1.54, 1.807) is 21.3 Å². The number of hydrogen-bond acceptors (Lipinski definition) is 16. The van der Waals surface area contributed by atoms with Gasteiger partial charge >= 0.3 is 26.4 Å². The van der Waals surface area contributed by atoms with E-state index >= 15 is 0 Å². The van der Waals surface area contributed by atoms with Crippen molar-refractivity contribution in [3.63, 3.8) is 0 Å². The highest BCUT2D eigenvalue weighted by molar-refractivity contribution is 6.62. The van der Waals surface area contributed by atoms with E-state index in [-0.39, 0.29) is 5.67 Å². The van der Waals surface area contributed by atoms with Gasteiger partial charge in [-0.3, -0.25) is 9.98 Å². The number of nitrogens with zero attached hydrogens (tertiary/aromatic N) is 4. The Morgan fingerprint density at radius 2 is 1.06 bits per heavy atom. The molecule has 19 heteroatoms. The molecule has 0 aromatic carbocycles. The van der Waals surface area contributed by atoms with E-state index < -0.39 is 26.4 Å². The van der Waals surface area contributed by atoms with Gasteiger partial charge in [0.15, 0.2) is 0 Å². The van der Waals surface area contributed by atoms with Gasteiger partial charge in [0.1, 0.15) is 0 Å². The standard InChI is InChI=1S/C13H33N3O3Si.C12H26N2O3Si.C9H20N2O3Si/c1-5-13(16-12-11-15-10-9-14)20(17-6-2,18-7-3)19-8-4;1-4-15-18(16-5-2,17-6-3)11-7-9-14-10-8-13-12-14;1-12-15(13-2,14-3)8-4-6-11-7-5-10-9-11/h13,15-16H,5-12,14H2,1-4H3;12H,4-11H2,1-3H3;9H,4-8H2,1-3H3. The molecule has 0 saturated heterocycles. The fourth-order valence-electron chi connectivity index (χ4n) is 5.84. The normalized spacial score (nSPS) is 15.1. The zero-order valence-electron chi connectivity index (χ0n) is 35.1.